The largest absolute Gasteiger partial charge is 0.399 e. The third kappa shape index (κ3) is 2.09. The van der Waals surface area contributed by atoms with Crippen LogP contribution in [0.25, 0.3) is 0 Å². The molecular weight excluding hydrogens is 160 g/mol. The normalized spacial score (nSPS) is 24.8. The summed E-state index contributed by atoms with van der Waals surface area (Å²) in [6, 6.07) is 0. The SMILES string of the molecule is C=C(N)/C=C1/CCC/C1=N/Cl. The van der Waals surface area contributed by atoms with E-state index in [1.165, 1.54) is 0 Å². The van der Waals surface area contributed by atoms with E-state index in [1.54, 1.807) is 0 Å². The molecule has 3 heteroatoms. The lowest BCUT2D eigenvalue weighted by Gasteiger charge is -1.95. The summed E-state index contributed by atoms with van der Waals surface area (Å²) in [5, 5.41) is 0. The molecule has 0 atom stereocenters. The van der Waals surface area contributed by atoms with Gasteiger partial charge in [0.05, 0.1) is 5.71 Å². The Kier molecular flexibility index (Phi) is 2.71. The maximum absolute atomic E-state index is 5.42. The molecule has 1 aliphatic carbocycles. The molecule has 2 nitrogen and oxygen atoms in total. The summed E-state index contributed by atoms with van der Waals surface area (Å²) < 4.78 is 3.65. The van der Waals surface area contributed by atoms with Crippen LogP contribution in [0, 0.1) is 0 Å². The molecule has 1 aliphatic rings. The molecular formula is C8H11ClN2. The third-order valence-corrected chi connectivity index (χ3v) is 1.90. The van der Waals surface area contributed by atoms with Gasteiger partial charge in [-0.25, -0.2) is 0 Å². The number of halogens is 1. The van der Waals surface area contributed by atoms with Crippen molar-refractivity contribution >= 4 is 17.5 Å². The van der Waals surface area contributed by atoms with Crippen LogP contribution in [0.15, 0.2) is 28.4 Å². The van der Waals surface area contributed by atoms with Crippen LogP contribution in [0.2, 0.25) is 0 Å². The van der Waals surface area contributed by atoms with Crippen LogP contribution < -0.4 is 5.73 Å². The van der Waals surface area contributed by atoms with Crippen molar-refractivity contribution in [2.75, 3.05) is 0 Å². The summed E-state index contributed by atoms with van der Waals surface area (Å²) in [6.45, 7) is 3.59. The van der Waals surface area contributed by atoms with Gasteiger partial charge < -0.3 is 5.73 Å². The molecule has 0 aromatic carbocycles. The van der Waals surface area contributed by atoms with Crippen LogP contribution in [0.1, 0.15) is 19.3 Å². The first kappa shape index (κ1) is 8.34. The van der Waals surface area contributed by atoms with Crippen molar-refractivity contribution in [2.45, 2.75) is 19.3 Å². The Morgan fingerprint density at radius 3 is 2.91 bits per heavy atom. The highest BCUT2D eigenvalue weighted by Gasteiger charge is 2.14. The van der Waals surface area contributed by atoms with Crippen LogP contribution >= 0.6 is 11.8 Å². The predicted molar refractivity (Wildman–Crippen MR) is 48.5 cm³/mol. The molecule has 0 radical (unpaired) electrons. The zero-order valence-corrected chi connectivity index (χ0v) is 7.06. The van der Waals surface area contributed by atoms with Crippen molar-refractivity contribution in [2.24, 2.45) is 10.2 Å². The highest BCUT2D eigenvalue weighted by atomic mass is 35.5. The zero-order valence-electron chi connectivity index (χ0n) is 6.31. The molecule has 0 unspecified atom stereocenters. The van der Waals surface area contributed by atoms with Crippen molar-refractivity contribution in [3.63, 3.8) is 0 Å². The fourth-order valence-electron chi connectivity index (χ4n) is 1.23. The number of nitrogens with zero attached hydrogens (tertiary/aromatic N) is 1. The Bertz CT molecular complexity index is 228. The van der Waals surface area contributed by atoms with Gasteiger partial charge in [-0.1, -0.05) is 6.58 Å². The van der Waals surface area contributed by atoms with Crippen molar-refractivity contribution in [1.82, 2.24) is 0 Å². The van der Waals surface area contributed by atoms with Gasteiger partial charge in [-0.15, -0.1) is 0 Å². The predicted octanol–water partition coefficient (Wildman–Crippen LogP) is 2.16. The van der Waals surface area contributed by atoms with Crippen molar-refractivity contribution in [3.8, 4) is 0 Å². The Balaban J connectivity index is 2.79. The number of allylic oxidation sites excluding steroid dienone is 2. The fraction of sp³-hybridized carbons (Fsp3) is 0.375. The van der Waals surface area contributed by atoms with E-state index in [-0.39, 0.29) is 0 Å². The van der Waals surface area contributed by atoms with E-state index in [1.807, 2.05) is 6.08 Å². The molecule has 0 amide bonds. The first-order valence-electron chi connectivity index (χ1n) is 3.57. The smallest absolute Gasteiger partial charge is 0.0583 e. The average Bonchev–Trinajstić information content (AvgIpc) is 2.34. The second-order valence-electron chi connectivity index (χ2n) is 2.63. The number of hydrogen-bond donors (Lipinski definition) is 1. The summed E-state index contributed by atoms with van der Waals surface area (Å²) in [7, 11) is 0. The van der Waals surface area contributed by atoms with Crippen molar-refractivity contribution in [3.05, 3.63) is 23.9 Å². The molecule has 60 valence electrons. The number of hydrogen-bond acceptors (Lipinski definition) is 2. The molecule has 0 aromatic rings. The second kappa shape index (κ2) is 3.58. The van der Waals surface area contributed by atoms with Crippen molar-refractivity contribution < 1.29 is 0 Å². The first-order valence-corrected chi connectivity index (χ1v) is 3.91. The standard InChI is InChI=1S/C8H11ClN2/c1-6(10)5-7-3-2-4-8(7)11-9/h5H,1-4,10H2/b7-5-,11-8-. The summed E-state index contributed by atoms with van der Waals surface area (Å²) in [4.78, 5) is 0. The maximum Gasteiger partial charge on any atom is 0.0583 e. The molecule has 1 rings (SSSR count). The van der Waals surface area contributed by atoms with Crippen LogP contribution in [0.3, 0.4) is 0 Å². The first-order chi connectivity index (χ1) is 5.24. The molecule has 0 aliphatic heterocycles. The highest BCUT2D eigenvalue weighted by molar-refractivity contribution is 6.23. The van der Waals surface area contributed by atoms with E-state index in [9.17, 15) is 0 Å². The summed E-state index contributed by atoms with van der Waals surface area (Å²) in [6.07, 6.45) is 4.93. The molecule has 1 saturated carbocycles. The van der Waals surface area contributed by atoms with E-state index in [0.717, 1.165) is 30.5 Å². The van der Waals surface area contributed by atoms with Crippen LogP contribution in [-0.4, -0.2) is 5.71 Å². The van der Waals surface area contributed by atoms with E-state index >= 15 is 0 Å². The maximum atomic E-state index is 5.42. The van der Waals surface area contributed by atoms with Crippen LogP contribution in [-0.2, 0) is 0 Å². The highest BCUT2D eigenvalue weighted by Crippen LogP contribution is 2.22. The minimum Gasteiger partial charge on any atom is -0.399 e. The van der Waals surface area contributed by atoms with Gasteiger partial charge in [-0.2, -0.15) is 4.51 Å². The second-order valence-corrected chi connectivity index (χ2v) is 2.80. The monoisotopic (exact) mass is 170 g/mol. The molecule has 0 saturated heterocycles. The quantitative estimate of drug-likeness (QED) is 0.644. The minimum absolute atomic E-state index is 0.569. The summed E-state index contributed by atoms with van der Waals surface area (Å²) in [5.74, 6) is 0. The Hall–Kier alpha value is -0.760. The van der Waals surface area contributed by atoms with E-state index in [2.05, 4.69) is 11.1 Å². The van der Waals surface area contributed by atoms with Gasteiger partial charge in [-0.05, 0) is 30.9 Å². The third-order valence-electron chi connectivity index (χ3n) is 1.69. The van der Waals surface area contributed by atoms with Crippen molar-refractivity contribution in [1.29, 1.82) is 0 Å². The molecule has 0 aromatic heterocycles. The number of nitrogens with two attached hydrogens (primary N) is 1. The van der Waals surface area contributed by atoms with Gasteiger partial charge in [0.2, 0.25) is 0 Å². The van der Waals surface area contributed by atoms with Gasteiger partial charge in [-0.3, -0.25) is 0 Å². The summed E-state index contributed by atoms with van der Waals surface area (Å²) in [5.41, 5.74) is 8.08. The van der Waals surface area contributed by atoms with Gasteiger partial charge in [0.15, 0.2) is 0 Å². The minimum atomic E-state index is 0.569. The number of rotatable bonds is 1. The van der Waals surface area contributed by atoms with Gasteiger partial charge in [0.25, 0.3) is 0 Å². The lowest BCUT2D eigenvalue weighted by Crippen LogP contribution is -1.96. The Morgan fingerprint density at radius 2 is 2.36 bits per heavy atom. The topological polar surface area (TPSA) is 38.4 Å². The van der Waals surface area contributed by atoms with Gasteiger partial charge in [0.1, 0.15) is 0 Å². The zero-order chi connectivity index (χ0) is 8.27. The Labute approximate surface area is 71.6 Å². The van der Waals surface area contributed by atoms with E-state index in [0.29, 0.717) is 5.70 Å². The van der Waals surface area contributed by atoms with E-state index < -0.39 is 0 Å². The lowest BCUT2D eigenvalue weighted by molar-refractivity contribution is 0.946. The average molecular weight is 171 g/mol. The van der Waals surface area contributed by atoms with Gasteiger partial charge in [0, 0.05) is 17.5 Å². The van der Waals surface area contributed by atoms with Gasteiger partial charge >= 0.3 is 0 Å². The lowest BCUT2D eigenvalue weighted by atomic mass is 10.2. The molecule has 0 bridgehead atoms. The van der Waals surface area contributed by atoms with E-state index in [4.69, 9.17) is 17.5 Å². The molecule has 11 heavy (non-hydrogen) atoms. The fourth-order valence-corrected chi connectivity index (χ4v) is 1.42. The molecule has 2 N–H and O–H groups in total. The molecule has 1 fully saturated rings. The molecule has 0 spiro atoms. The van der Waals surface area contributed by atoms with Crippen LogP contribution in [0.4, 0.5) is 0 Å². The summed E-state index contributed by atoms with van der Waals surface area (Å²) >= 11 is 5.36. The Morgan fingerprint density at radius 1 is 1.64 bits per heavy atom. The molecule has 0 heterocycles. The van der Waals surface area contributed by atoms with Crippen LogP contribution in [0.5, 0.6) is 0 Å².